The molecular weight excluding hydrogens is 1040 g/mol. The average Bonchev–Trinajstić information content (AvgIpc) is 3.89. The molecule has 2 aromatic heterocycles. The van der Waals surface area contributed by atoms with Gasteiger partial charge in [-0.05, 0) is 65.7 Å². The Bertz CT molecular complexity index is 2240. The van der Waals surface area contributed by atoms with Gasteiger partial charge in [-0.1, -0.05) is 20.3 Å². The Morgan fingerprint density at radius 2 is 0.960 bits per heavy atom. The largest absolute Gasteiger partial charge is 0.476 e. The van der Waals surface area contributed by atoms with Crippen LogP contribution in [0.1, 0.15) is 113 Å². The van der Waals surface area contributed by atoms with Gasteiger partial charge in [0.15, 0.2) is 5.69 Å². The molecule has 2 fully saturated rings. The highest BCUT2D eigenvalue weighted by atomic mass is 19.4. The normalized spacial score (nSPS) is 18.8. The Balaban J connectivity index is 0.000000269. The second-order valence-corrected chi connectivity index (χ2v) is 21.0. The molecule has 0 aliphatic carbocycles. The number of ether oxygens (including phenoxy) is 2. The number of carbonyl (C=O) groups is 4. The van der Waals surface area contributed by atoms with Crippen molar-refractivity contribution in [1.82, 2.24) is 43.6 Å². The first kappa shape index (κ1) is 62.4. The van der Waals surface area contributed by atoms with E-state index in [0.717, 1.165) is 28.6 Å². The molecule has 18 nitrogen and oxygen atoms in total. The van der Waals surface area contributed by atoms with Crippen molar-refractivity contribution in [2.24, 2.45) is 5.41 Å². The molecule has 4 aliphatic heterocycles. The molecular formula is C45H65F12N9O9. The molecule has 0 bridgehead atoms. The van der Waals surface area contributed by atoms with E-state index in [1.54, 1.807) is 54.1 Å². The van der Waals surface area contributed by atoms with E-state index in [-0.39, 0.29) is 55.8 Å². The fraction of sp³-hybridized carbons (Fsp3) is 0.778. The summed E-state index contributed by atoms with van der Waals surface area (Å²) in [5.41, 5.74) is -2.22. The summed E-state index contributed by atoms with van der Waals surface area (Å²) in [6.07, 6.45) is -29.2. The van der Waals surface area contributed by atoms with Crippen molar-refractivity contribution in [1.29, 1.82) is 0 Å². The molecule has 2 saturated heterocycles. The molecule has 0 unspecified atom stereocenters. The van der Waals surface area contributed by atoms with Gasteiger partial charge in [0.1, 0.15) is 17.3 Å². The number of piperidine rings is 2. The Kier molecular flexibility index (Phi) is 19.4. The third-order valence-corrected chi connectivity index (χ3v) is 13.3. The summed E-state index contributed by atoms with van der Waals surface area (Å²) >= 11 is 0. The molecule has 6 heterocycles. The van der Waals surface area contributed by atoms with Crippen molar-refractivity contribution in [2.45, 2.75) is 160 Å². The number of nitrogens with zero attached hydrogens (tertiary/aromatic N) is 9. The molecule has 30 heteroatoms. The van der Waals surface area contributed by atoms with Crippen molar-refractivity contribution >= 4 is 24.1 Å². The lowest BCUT2D eigenvalue weighted by Gasteiger charge is -2.44. The van der Waals surface area contributed by atoms with Gasteiger partial charge in [0.25, 0.3) is 18.1 Å². The number of aromatic nitrogens is 4. The van der Waals surface area contributed by atoms with Crippen LogP contribution in [-0.4, -0.2) is 196 Å². The highest BCUT2D eigenvalue weighted by Gasteiger charge is 2.61. The summed E-state index contributed by atoms with van der Waals surface area (Å²) in [5.74, 6) is 0.0151. The molecule has 0 atom stereocenters. The summed E-state index contributed by atoms with van der Waals surface area (Å²) in [4.78, 5) is 63.3. The van der Waals surface area contributed by atoms with Crippen molar-refractivity contribution in [3.63, 3.8) is 0 Å². The topological polar surface area (TPSA) is 199 Å². The van der Waals surface area contributed by atoms with E-state index in [0.29, 0.717) is 64.5 Å². The van der Waals surface area contributed by atoms with Crippen LogP contribution in [0.15, 0.2) is 12.4 Å². The molecule has 6 rings (SSSR count). The molecule has 2 aromatic rings. The number of hydrogen-bond acceptors (Lipinski definition) is 12. The maximum atomic E-state index is 13.2. The van der Waals surface area contributed by atoms with Gasteiger partial charge >= 0.3 is 42.9 Å². The van der Waals surface area contributed by atoms with E-state index in [9.17, 15) is 82.1 Å². The van der Waals surface area contributed by atoms with E-state index in [1.165, 1.54) is 4.90 Å². The summed E-state index contributed by atoms with van der Waals surface area (Å²) in [6, 6.07) is 0. The zero-order chi connectivity index (χ0) is 57.1. The van der Waals surface area contributed by atoms with E-state index in [1.807, 2.05) is 27.9 Å². The van der Waals surface area contributed by atoms with Crippen LogP contribution in [0.3, 0.4) is 0 Å². The Morgan fingerprint density at radius 1 is 0.613 bits per heavy atom. The minimum Gasteiger partial charge on any atom is -0.476 e. The number of carboxylic acid groups (broad SMARTS) is 1. The van der Waals surface area contributed by atoms with Gasteiger partial charge < -0.3 is 48.6 Å². The second-order valence-electron chi connectivity index (χ2n) is 21.0. The molecule has 0 saturated carbocycles. The Labute approximate surface area is 424 Å². The van der Waals surface area contributed by atoms with Crippen LogP contribution in [0.2, 0.25) is 0 Å². The molecule has 3 N–H and O–H groups in total. The minimum atomic E-state index is -5.79. The van der Waals surface area contributed by atoms with Crippen LogP contribution in [0.5, 0.6) is 0 Å². The number of likely N-dealkylation sites (tertiary alicyclic amines) is 2. The molecule has 0 aromatic carbocycles. The average molecular weight is 1100 g/mol. The van der Waals surface area contributed by atoms with E-state index in [4.69, 9.17) is 5.11 Å². The van der Waals surface area contributed by atoms with Gasteiger partial charge in [0.05, 0.1) is 24.3 Å². The smallest absolute Gasteiger partial charge is 0.434 e. The number of hydrogen-bond donors (Lipinski definition) is 3. The lowest BCUT2D eigenvalue weighted by Crippen LogP contribution is -2.56. The standard InChI is InChI=1S/C22H31F6N5O4.C12H17F6NO2.C11H17N3O3/c1-19(2,36)13-31-9-10-33-11-14(29-15(33)12-31)16(34)30(4)20(3)5-7-32(8-6-20)18(35)37-17(21(23,24)25)22(26,27)28;1-3-10(2)4-6-19(7-5-10)9(20)21-8(11(13,14)15)12(16,17)18;1-11(2,17)7-13-3-4-14-5-8(10(15)16)12-9(14)6-13/h11,17,36H,5-10,12-13H2,1-4H3;8H,3-7H2,1-2H3;5,17H,3-4,6-7H2,1-2H3,(H,15,16). The number of rotatable bonds is 10. The van der Waals surface area contributed by atoms with E-state index in [2.05, 4.69) is 24.3 Å². The number of amides is 3. The number of imidazole rings is 2. The van der Waals surface area contributed by atoms with Gasteiger partial charge in [-0.15, -0.1) is 0 Å². The number of alkyl halides is 12. The summed E-state index contributed by atoms with van der Waals surface area (Å²) < 4.78 is 161. The maximum absolute atomic E-state index is 13.2. The number of β-amino-alcohol motifs (C(OH)–C–C–N with tert-alkyl or cyclic N) is 2. The van der Waals surface area contributed by atoms with Crippen LogP contribution in [0.4, 0.5) is 62.3 Å². The lowest BCUT2D eigenvalue weighted by molar-refractivity contribution is -0.309. The van der Waals surface area contributed by atoms with Crippen LogP contribution >= 0.6 is 0 Å². The van der Waals surface area contributed by atoms with Crippen molar-refractivity contribution in [3.8, 4) is 0 Å². The zero-order valence-corrected chi connectivity index (χ0v) is 42.7. The number of halogens is 12. The minimum absolute atomic E-state index is 0.0514. The summed E-state index contributed by atoms with van der Waals surface area (Å²) in [6.45, 7) is 17.1. The molecule has 0 radical (unpaired) electrons. The van der Waals surface area contributed by atoms with Crippen molar-refractivity contribution in [3.05, 3.63) is 35.4 Å². The molecule has 428 valence electrons. The number of fused-ring (bicyclic) bond motifs is 2. The number of carbonyl (C=O) groups excluding carboxylic acids is 3. The molecule has 4 aliphatic rings. The maximum Gasteiger partial charge on any atom is 0.434 e. The molecule has 3 amide bonds. The molecule has 75 heavy (non-hydrogen) atoms. The lowest BCUT2D eigenvalue weighted by atomic mass is 9.78. The highest BCUT2D eigenvalue weighted by Crippen LogP contribution is 2.39. The van der Waals surface area contributed by atoms with Crippen LogP contribution < -0.4 is 0 Å². The first-order chi connectivity index (χ1) is 34.0. The second kappa shape index (κ2) is 23.2. The first-order valence-corrected chi connectivity index (χ1v) is 23.8. The van der Waals surface area contributed by atoms with Gasteiger partial charge in [0, 0.05) is 90.4 Å². The number of aromatic carboxylic acids is 1. The predicted octanol–water partition coefficient (Wildman–Crippen LogP) is 7.32. The quantitative estimate of drug-likeness (QED) is 0.200. The fourth-order valence-electron chi connectivity index (χ4n) is 8.67. The van der Waals surface area contributed by atoms with Crippen LogP contribution in [0, 0.1) is 5.41 Å². The summed E-state index contributed by atoms with van der Waals surface area (Å²) in [5, 5.41) is 28.7. The predicted molar refractivity (Wildman–Crippen MR) is 240 cm³/mol. The summed E-state index contributed by atoms with van der Waals surface area (Å²) in [7, 11) is 1.54. The van der Waals surface area contributed by atoms with Gasteiger partial charge in [-0.2, -0.15) is 52.7 Å². The number of carboxylic acids is 1. The van der Waals surface area contributed by atoms with Gasteiger partial charge in [0.2, 0.25) is 0 Å². The van der Waals surface area contributed by atoms with Crippen molar-refractivity contribution < 1.29 is 96.7 Å². The Morgan fingerprint density at radius 3 is 1.29 bits per heavy atom. The first-order valence-electron chi connectivity index (χ1n) is 23.8. The van der Waals surface area contributed by atoms with Gasteiger partial charge in [-0.3, -0.25) is 14.6 Å². The van der Waals surface area contributed by atoms with Gasteiger partial charge in [-0.25, -0.2) is 24.4 Å². The zero-order valence-electron chi connectivity index (χ0n) is 42.7. The monoisotopic (exact) mass is 1100 g/mol. The van der Waals surface area contributed by atoms with Crippen LogP contribution in [0.25, 0.3) is 0 Å². The number of aliphatic hydroxyl groups is 2. The Hall–Kier alpha value is -5.10. The third kappa shape index (κ3) is 17.7. The molecule has 0 spiro atoms. The van der Waals surface area contributed by atoms with Crippen molar-refractivity contribution in [2.75, 3.05) is 59.4 Å². The highest BCUT2D eigenvalue weighted by molar-refractivity contribution is 5.92. The van der Waals surface area contributed by atoms with Crippen LogP contribution in [-0.2, 0) is 35.7 Å². The SMILES string of the molecule is CC(C)(O)CN1CCn2cc(C(=O)O)nc2C1.CCC1(C)CCN(C(=O)OC(C(F)(F)F)C(F)(F)F)CC1.CN(C(=O)c1cn2c(n1)CN(CC(C)(C)O)CC2)C1(C)CCN(C(=O)OC(C(F)(F)F)C(F)(F)F)CC1. The fourth-order valence-corrected chi connectivity index (χ4v) is 8.67. The van der Waals surface area contributed by atoms with E-state index < -0.39 is 77.7 Å². The third-order valence-electron chi connectivity index (χ3n) is 13.3. The van der Waals surface area contributed by atoms with E-state index >= 15 is 0 Å².